The smallest absolute Gasteiger partial charge is 0.274 e. The maximum absolute atomic E-state index is 12.3. The second-order valence-corrected chi connectivity index (χ2v) is 7.67. The van der Waals surface area contributed by atoms with Crippen LogP contribution in [0.2, 0.25) is 0 Å². The van der Waals surface area contributed by atoms with E-state index in [1.807, 2.05) is 25.1 Å². The third-order valence-electron chi connectivity index (χ3n) is 3.83. The molecule has 0 saturated heterocycles. The molecular formula is C18H20N4O4S. The monoisotopic (exact) mass is 388 g/mol. The summed E-state index contributed by atoms with van der Waals surface area (Å²) >= 11 is 1.62. The molecule has 0 unspecified atom stereocenters. The standard InChI is InChI=1S/C18H20N4O4S/c1-10-20-12-7-11(5-6-14(12)27-10)25-9-15-21-13(8-26-15)16(23)22-18(2,3)17(24)19-4/h5-8H,9H2,1-4H3,(H,19,24)(H,22,23). The van der Waals surface area contributed by atoms with Gasteiger partial charge in [0.25, 0.3) is 5.91 Å². The fourth-order valence-electron chi connectivity index (χ4n) is 2.46. The average Bonchev–Trinajstić information content (AvgIpc) is 3.23. The second-order valence-electron chi connectivity index (χ2n) is 6.44. The average molecular weight is 388 g/mol. The molecule has 0 atom stereocenters. The van der Waals surface area contributed by atoms with E-state index in [-0.39, 0.29) is 24.1 Å². The van der Waals surface area contributed by atoms with E-state index >= 15 is 0 Å². The molecule has 2 heterocycles. The van der Waals surface area contributed by atoms with Crippen molar-refractivity contribution in [3.63, 3.8) is 0 Å². The summed E-state index contributed by atoms with van der Waals surface area (Å²) in [5.74, 6) is 0.0822. The third kappa shape index (κ3) is 4.25. The van der Waals surface area contributed by atoms with Gasteiger partial charge in [-0.05, 0) is 32.9 Å². The molecule has 8 nitrogen and oxygen atoms in total. The first-order valence-corrected chi connectivity index (χ1v) is 9.09. The third-order valence-corrected chi connectivity index (χ3v) is 4.79. The molecule has 9 heteroatoms. The van der Waals surface area contributed by atoms with Crippen molar-refractivity contribution in [2.24, 2.45) is 0 Å². The van der Waals surface area contributed by atoms with E-state index < -0.39 is 11.4 Å². The van der Waals surface area contributed by atoms with Crippen molar-refractivity contribution in [1.29, 1.82) is 0 Å². The molecule has 0 bridgehead atoms. The number of amides is 2. The van der Waals surface area contributed by atoms with Gasteiger partial charge in [0.1, 0.15) is 17.6 Å². The largest absolute Gasteiger partial charge is 0.484 e. The van der Waals surface area contributed by atoms with E-state index in [4.69, 9.17) is 9.15 Å². The topological polar surface area (TPSA) is 106 Å². The Kier molecular flexibility index (Phi) is 5.13. The highest BCUT2D eigenvalue weighted by Gasteiger charge is 2.29. The number of aromatic nitrogens is 2. The first-order chi connectivity index (χ1) is 12.8. The summed E-state index contributed by atoms with van der Waals surface area (Å²) in [6.07, 6.45) is 1.24. The predicted octanol–water partition coefficient (Wildman–Crippen LogP) is 2.43. The number of hydrogen-bond donors (Lipinski definition) is 2. The molecule has 1 aromatic carbocycles. The normalized spacial score (nSPS) is 11.4. The van der Waals surface area contributed by atoms with Crippen molar-refractivity contribution < 1.29 is 18.7 Å². The first kappa shape index (κ1) is 18.8. The summed E-state index contributed by atoms with van der Waals surface area (Å²) in [7, 11) is 1.51. The zero-order valence-electron chi connectivity index (χ0n) is 15.5. The van der Waals surface area contributed by atoms with E-state index in [9.17, 15) is 9.59 Å². The molecule has 0 aliphatic heterocycles. The van der Waals surface area contributed by atoms with E-state index in [0.29, 0.717) is 5.75 Å². The number of rotatable bonds is 6. The van der Waals surface area contributed by atoms with Crippen LogP contribution in [-0.2, 0) is 11.4 Å². The van der Waals surface area contributed by atoms with Crippen LogP contribution in [0.15, 0.2) is 28.9 Å². The number of thiazole rings is 1. The molecule has 3 aromatic rings. The number of fused-ring (bicyclic) bond motifs is 1. The van der Waals surface area contributed by atoms with Crippen molar-refractivity contribution in [2.45, 2.75) is 32.9 Å². The SMILES string of the molecule is CNC(=O)C(C)(C)NC(=O)c1coc(COc2ccc3sc(C)nc3c2)n1. The van der Waals surface area contributed by atoms with Crippen LogP contribution < -0.4 is 15.4 Å². The van der Waals surface area contributed by atoms with Crippen molar-refractivity contribution in [3.8, 4) is 5.75 Å². The van der Waals surface area contributed by atoms with Crippen molar-refractivity contribution in [2.75, 3.05) is 7.05 Å². The number of nitrogens with one attached hydrogen (secondary N) is 2. The van der Waals surface area contributed by atoms with Gasteiger partial charge in [-0.15, -0.1) is 11.3 Å². The lowest BCUT2D eigenvalue weighted by Gasteiger charge is -2.23. The second kappa shape index (κ2) is 7.36. The van der Waals surface area contributed by atoms with Crippen LogP contribution in [0.25, 0.3) is 10.2 Å². The molecule has 2 N–H and O–H groups in total. The van der Waals surface area contributed by atoms with Crippen molar-refractivity contribution in [1.82, 2.24) is 20.6 Å². The lowest BCUT2D eigenvalue weighted by Crippen LogP contribution is -2.54. The number of nitrogens with zero attached hydrogens (tertiary/aromatic N) is 2. The van der Waals surface area contributed by atoms with Crippen molar-refractivity contribution >= 4 is 33.4 Å². The molecular weight excluding hydrogens is 368 g/mol. The fourth-order valence-corrected chi connectivity index (χ4v) is 3.26. The van der Waals surface area contributed by atoms with E-state index in [2.05, 4.69) is 20.6 Å². The summed E-state index contributed by atoms with van der Waals surface area (Å²) in [5, 5.41) is 6.10. The van der Waals surface area contributed by atoms with Gasteiger partial charge in [-0.3, -0.25) is 9.59 Å². The summed E-state index contributed by atoms with van der Waals surface area (Å²) in [5.41, 5.74) is -0.113. The van der Waals surface area contributed by atoms with Crippen molar-refractivity contribution in [3.05, 3.63) is 41.1 Å². The Bertz CT molecular complexity index is 992. The van der Waals surface area contributed by atoms with Crippen LogP contribution in [0.5, 0.6) is 5.75 Å². The van der Waals surface area contributed by atoms with Gasteiger partial charge in [-0.25, -0.2) is 9.97 Å². The molecule has 0 radical (unpaired) electrons. The Balaban J connectivity index is 1.63. The number of oxazole rings is 1. The lowest BCUT2D eigenvalue weighted by molar-refractivity contribution is -0.125. The van der Waals surface area contributed by atoms with Gasteiger partial charge >= 0.3 is 0 Å². The predicted molar refractivity (Wildman–Crippen MR) is 101 cm³/mol. The zero-order chi connectivity index (χ0) is 19.6. The summed E-state index contributed by atoms with van der Waals surface area (Å²) in [6.45, 7) is 5.23. The number of benzene rings is 1. The number of likely N-dealkylation sites (N-methyl/N-ethyl adjacent to an activating group) is 1. The van der Waals surface area contributed by atoms with E-state index in [1.54, 1.807) is 25.2 Å². The maximum atomic E-state index is 12.3. The molecule has 2 aromatic heterocycles. The molecule has 0 spiro atoms. The molecule has 27 heavy (non-hydrogen) atoms. The summed E-state index contributed by atoms with van der Waals surface area (Å²) in [6, 6.07) is 5.65. The Hall–Kier alpha value is -2.94. The van der Waals surface area contributed by atoms with Crippen LogP contribution in [-0.4, -0.2) is 34.4 Å². The van der Waals surface area contributed by atoms with Gasteiger partial charge in [0.05, 0.1) is 15.2 Å². The number of carbonyl (C=O) groups excluding carboxylic acids is 2. The van der Waals surface area contributed by atoms with E-state index in [1.165, 1.54) is 13.3 Å². The minimum atomic E-state index is -1.07. The highest BCUT2D eigenvalue weighted by Crippen LogP contribution is 2.26. The highest BCUT2D eigenvalue weighted by atomic mass is 32.1. The first-order valence-electron chi connectivity index (χ1n) is 8.27. The van der Waals surface area contributed by atoms with Crippen LogP contribution in [0, 0.1) is 6.92 Å². The minimum absolute atomic E-state index is 0.0702. The van der Waals surface area contributed by atoms with Crippen LogP contribution in [0.1, 0.15) is 35.2 Å². The molecule has 3 rings (SSSR count). The molecule has 0 fully saturated rings. The Morgan fingerprint density at radius 1 is 1.30 bits per heavy atom. The molecule has 2 amide bonds. The molecule has 0 aliphatic rings. The Morgan fingerprint density at radius 3 is 2.81 bits per heavy atom. The van der Waals surface area contributed by atoms with Gasteiger partial charge in [-0.2, -0.15) is 0 Å². The maximum Gasteiger partial charge on any atom is 0.274 e. The molecule has 142 valence electrons. The lowest BCUT2D eigenvalue weighted by atomic mass is 10.0. The van der Waals surface area contributed by atoms with E-state index in [0.717, 1.165) is 15.2 Å². The Morgan fingerprint density at radius 2 is 2.07 bits per heavy atom. The Labute approximate surface area is 160 Å². The van der Waals surface area contributed by atoms with Gasteiger partial charge in [0.15, 0.2) is 12.3 Å². The molecule has 0 saturated carbocycles. The van der Waals surface area contributed by atoms with Crippen LogP contribution in [0.3, 0.4) is 0 Å². The number of hydrogen-bond acceptors (Lipinski definition) is 7. The zero-order valence-corrected chi connectivity index (χ0v) is 16.3. The number of ether oxygens (including phenoxy) is 1. The molecule has 0 aliphatic carbocycles. The quantitative estimate of drug-likeness (QED) is 0.672. The van der Waals surface area contributed by atoms with Gasteiger partial charge < -0.3 is 19.8 Å². The van der Waals surface area contributed by atoms with Gasteiger partial charge in [0, 0.05) is 13.1 Å². The van der Waals surface area contributed by atoms with Gasteiger partial charge in [0.2, 0.25) is 11.8 Å². The highest BCUT2D eigenvalue weighted by molar-refractivity contribution is 7.18. The van der Waals surface area contributed by atoms with Crippen LogP contribution in [0.4, 0.5) is 0 Å². The van der Waals surface area contributed by atoms with Gasteiger partial charge in [-0.1, -0.05) is 0 Å². The fraction of sp³-hybridized carbons (Fsp3) is 0.333. The number of carbonyl (C=O) groups is 2. The van der Waals surface area contributed by atoms with Crippen LogP contribution >= 0.6 is 11.3 Å². The summed E-state index contributed by atoms with van der Waals surface area (Å²) < 4.78 is 12.1. The number of aryl methyl sites for hydroxylation is 1. The minimum Gasteiger partial charge on any atom is -0.484 e. The summed E-state index contributed by atoms with van der Waals surface area (Å²) in [4.78, 5) is 32.6.